The summed E-state index contributed by atoms with van der Waals surface area (Å²) in [5.41, 5.74) is 7.34. The Balaban J connectivity index is 1.32. The summed E-state index contributed by atoms with van der Waals surface area (Å²) >= 11 is 0. The van der Waals surface area contributed by atoms with Gasteiger partial charge in [-0.1, -0.05) is 60.2 Å². The Morgan fingerprint density at radius 1 is 0.805 bits per heavy atom. The van der Waals surface area contributed by atoms with E-state index < -0.39 is 10.0 Å². The van der Waals surface area contributed by atoms with E-state index in [1.54, 1.807) is 28.6 Å². The molecule has 0 amide bonds. The summed E-state index contributed by atoms with van der Waals surface area (Å²) in [4.78, 5) is 7.72. The number of fused-ring (bicyclic) bond motifs is 1. The van der Waals surface area contributed by atoms with Crippen molar-refractivity contribution in [2.75, 3.05) is 32.8 Å². The second-order valence-corrected chi connectivity index (χ2v) is 12.3. The number of piperazine rings is 1. The van der Waals surface area contributed by atoms with E-state index in [1.807, 2.05) is 25.1 Å². The maximum atomic E-state index is 13.2. The molecule has 41 heavy (non-hydrogen) atoms. The first kappa shape index (κ1) is 27.2. The zero-order valence-electron chi connectivity index (χ0n) is 23.4. The van der Waals surface area contributed by atoms with Crippen LogP contribution in [0, 0.1) is 6.92 Å². The van der Waals surface area contributed by atoms with Gasteiger partial charge >= 0.3 is 0 Å². The third kappa shape index (κ3) is 5.63. The molecule has 1 aliphatic heterocycles. The van der Waals surface area contributed by atoms with Crippen molar-refractivity contribution in [3.63, 3.8) is 0 Å². The van der Waals surface area contributed by atoms with Crippen molar-refractivity contribution in [3.8, 4) is 28.1 Å². The Hall–Kier alpha value is -3.98. The molecule has 2 aromatic heterocycles. The van der Waals surface area contributed by atoms with Crippen LogP contribution in [0.2, 0.25) is 0 Å². The smallest absolute Gasteiger partial charge is 0.243 e. The standard InChI is InChI=1S/C33H34N4O3S/c1-3-40-29-9-7-8-27(22-29)28-16-17-32-34-33(26-14-12-25(2)13-15-26)31(37(32)23-28)24-35-18-20-36(21-19-35)41(38,39)30-10-5-4-6-11-30/h4-17,22-23H,3,18-21,24H2,1-2H3. The first-order chi connectivity index (χ1) is 19.9. The molecule has 0 unspecified atom stereocenters. The molecule has 8 heteroatoms. The molecular formula is C33H34N4O3S. The summed E-state index contributed by atoms with van der Waals surface area (Å²) in [6.07, 6.45) is 2.15. The van der Waals surface area contributed by atoms with E-state index in [9.17, 15) is 8.42 Å². The van der Waals surface area contributed by atoms with Crippen LogP contribution >= 0.6 is 0 Å². The Morgan fingerprint density at radius 3 is 2.27 bits per heavy atom. The minimum Gasteiger partial charge on any atom is -0.494 e. The summed E-state index contributed by atoms with van der Waals surface area (Å²) in [6, 6.07) is 29.5. The topological polar surface area (TPSA) is 67.2 Å². The van der Waals surface area contributed by atoms with Gasteiger partial charge in [0.15, 0.2) is 0 Å². The van der Waals surface area contributed by atoms with Crippen molar-refractivity contribution < 1.29 is 13.2 Å². The van der Waals surface area contributed by atoms with Gasteiger partial charge < -0.3 is 9.14 Å². The fourth-order valence-corrected chi connectivity index (χ4v) is 6.81. The first-order valence-corrected chi connectivity index (χ1v) is 15.5. The van der Waals surface area contributed by atoms with E-state index in [1.165, 1.54) is 5.56 Å². The number of pyridine rings is 1. The molecular weight excluding hydrogens is 532 g/mol. The monoisotopic (exact) mass is 566 g/mol. The highest BCUT2D eigenvalue weighted by atomic mass is 32.2. The first-order valence-electron chi connectivity index (χ1n) is 14.0. The van der Waals surface area contributed by atoms with Crippen LogP contribution in [0.1, 0.15) is 18.2 Å². The van der Waals surface area contributed by atoms with Crippen molar-refractivity contribution in [1.82, 2.24) is 18.6 Å². The number of aryl methyl sites for hydroxylation is 1. The number of imidazole rings is 1. The maximum absolute atomic E-state index is 13.2. The predicted octanol–water partition coefficient (Wildman–Crippen LogP) is 5.88. The number of rotatable bonds is 8. The SMILES string of the molecule is CCOc1cccc(-c2ccc3nc(-c4ccc(C)cc4)c(CN4CCN(S(=O)(=O)c5ccccc5)CC4)n3c2)c1. The Kier molecular flexibility index (Phi) is 7.62. The van der Waals surface area contributed by atoms with Gasteiger partial charge in [-0.3, -0.25) is 4.90 Å². The molecule has 0 spiro atoms. The van der Waals surface area contributed by atoms with Crippen LogP contribution in [-0.4, -0.2) is 59.8 Å². The van der Waals surface area contributed by atoms with Crippen molar-refractivity contribution >= 4 is 15.7 Å². The second-order valence-electron chi connectivity index (χ2n) is 10.4. The Labute approximate surface area is 241 Å². The fourth-order valence-electron chi connectivity index (χ4n) is 5.37. The molecule has 0 radical (unpaired) electrons. The summed E-state index contributed by atoms with van der Waals surface area (Å²) in [7, 11) is -3.50. The van der Waals surface area contributed by atoms with Crippen LogP contribution in [-0.2, 0) is 16.6 Å². The molecule has 3 aromatic carbocycles. The Bertz CT molecular complexity index is 1760. The average molecular weight is 567 g/mol. The van der Waals surface area contributed by atoms with Crippen molar-refractivity contribution in [2.45, 2.75) is 25.3 Å². The molecule has 210 valence electrons. The van der Waals surface area contributed by atoms with Gasteiger partial charge in [0.1, 0.15) is 11.4 Å². The molecule has 0 N–H and O–H groups in total. The number of benzene rings is 3. The van der Waals surface area contributed by atoms with Gasteiger partial charge in [-0.25, -0.2) is 13.4 Å². The average Bonchev–Trinajstić information content (AvgIpc) is 3.36. The zero-order chi connectivity index (χ0) is 28.4. The van der Waals surface area contributed by atoms with E-state index in [-0.39, 0.29) is 0 Å². The third-order valence-electron chi connectivity index (χ3n) is 7.61. The molecule has 5 aromatic rings. The van der Waals surface area contributed by atoms with Crippen LogP contribution in [0.25, 0.3) is 28.0 Å². The maximum Gasteiger partial charge on any atom is 0.243 e. The number of sulfonamides is 1. The van der Waals surface area contributed by atoms with E-state index in [0.29, 0.717) is 44.2 Å². The van der Waals surface area contributed by atoms with Crippen molar-refractivity contribution in [3.05, 3.63) is 108 Å². The highest BCUT2D eigenvalue weighted by molar-refractivity contribution is 7.89. The quantitative estimate of drug-likeness (QED) is 0.235. The number of aromatic nitrogens is 2. The van der Waals surface area contributed by atoms with Gasteiger partial charge in [-0.05, 0) is 61.4 Å². The largest absolute Gasteiger partial charge is 0.494 e. The van der Waals surface area contributed by atoms with Gasteiger partial charge in [0.05, 0.1) is 22.9 Å². The highest BCUT2D eigenvalue weighted by Crippen LogP contribution is 2.30. The molecule has 0 aliphatic carbocycles. The lowest BCUT2D eigenvalue weighted by Crippen LogP contribution is -2.48. The van der Waals surface area contributed by atoms with E-state index in [4.69, 9.17) is 9.72 Å². The lowest BCUT2D eigenvalue weighted by molar-refractivity contribution is 0.180. The number of ether oxygens (including phenoxy) is 1. The van der Waals surface area contributed by atoms with Gasteiger partial charge in [0.25, 0.3) is 0 Å². The molecule has 6 rings (SSSR count). The molecule has 1 saturated heterocycles. The van der Waals surface area contributed by atoms with Gasteiger partial charge in [-0.15, -0.1) is 0 Å². The highest BCUT2D eigenvalue weighted by Gasteiger charge is 2.29. The van der Waals surface area contributed by atoms with Gasteiger partial charge in [-0.2, -0.15) is 4.31 Å². The predicted molar refractivity (Wildman–Crippen MR) is 162 cm³/mol. The summed E-state index contributed by atoms with van der Waals surface area (Å²) < 4.78 is 35.9. The van der Waals surface area contributed by atoms with Crippen LogP contribution in [0.4, 0.5) is 0 Å². The van der Waals surface area contributed by atoms with Gasteiger partial charge in [0.2, 0.25) is 10.0 Å². The molecule has 7 nitrogen and oxygen atoms in total. The lowest BCUT2D eigenvalue weighted by Gasteiger charge is -2.34. The molecule has 3 heterocycles. The van der Waals surface area contributed by atoms with Crippen molar-refractivity contribution in [2.24, 2.45) is 0 Å². The van der Waals surface area contributed by atoms with Crippen molar-refractivity contribution in [1.29, 1.82) is 0 Å². The minimum atomic E-state index is -3.50. The van der Waals surface area contributed by atoms with Gasteiger partial charge in [0, 0.05) is 44.5 Å². The third-order valence-corrected chi connectivity index (χ3v) is 9.52. The molecule has 1 aliphatic rings. The summed E-state index contributed by atoms with van der Waals surface area (Å²) in [5, 5.41) is 0. The fraction of sp³-hybridized carbons (Fsp3) is 0.242. The van der Waals surface area contributed by atoms with Crippen LogP contribution < -0.4 is 4.74 Å². The zero-order valence-corrected chi connectivity index (χ0v) is 24.2. The molecule has 0 bridgehead atoms. The lowest BCUT2D eigenvalue weighted by atomic mass is 10.1. The number of nitrogens with zero attached hydrogens (tertiary/aromatic N) is 4. The second kappa shape index (κ2) is 11.5. The molecule has 1 fully saturated rings. The molecule has 0 saturated carbocycles. The number of hydrogen-bond donors (Lipinski definition) is 0. The van der Waals surface area contributed by atoms with E-state index in [2.05, 4.69) is 71.0 Å². The van der Waals surface area contributed by atoms with E-state index >= 15 is 0 Å². The van der Waals surface area contributed by atoms with Crippen LogP contribution in [0.5, 0.6) is 5.75 Å². The normalized spacial score (nSPS) is 14.9. The summed E-state index contributed by atoms with van der Waals surface area (Å²) in [6.45, 7) is 7.53. The minimum absolute atomic E-state index is 0.345. The van der Waals surface area contributed by atoms with Crippen LogP contribution in [0.15, 0.2) is 102 Å². The Morgan fingerprint density at radius 2 is 1.54 bits per heavy atom. The summed E-state index contributed by atoms with van der Waals surface area (Å²) in [5.74, 6) is 0.847. The molecule has 0 atom stereocenters. The van der Waals surface area contributed by atoms with Crippen LogP contribution in [0.3, 0.4) is 0 Å². The number of hydrogen-bond acceptors (Lipinski definition) is 5. The van der Waals surface area contributed by atoms with E-state index in [0.717, 1.165) is 39.5 Å².